The molecule has 3 N–H and O–H groups in total. The number of carbonyl (C=O) groups excluding carboxylic acids is 1. The summed E-state index contributed by atoms with van der Waals surface area (Å²) in [5, 5.41) is 27.0. The number of halogens is 2. The lowest BCUT2D eigenvalue weighted by Crippen LogP contribution is -2.52. The van der Waals surface area contributed by atoms with Gasteiger partial charge in [0.1, 0.15) is 11.1 Å². The quantitative estimate of drug-likeness (QED) is 0.319. The highest BCUT2D eigenvalue weighted by Crippen LogP contribution is 2.36. The predicted octanol–water partition coefficient (Wildman–Crippen LogP) is 4.92. The van der Waals surface area contributed by atoms with Gasteiger partial charge in [0.2, 0.25) is 0 Å². The molecule has 0 radical (unpaired) electrons. The molecule has 5 nitrogen and oxygen atoms in total. The highest BCUT2D eigenvalue weighted by molar-refractivity contribution is 7.80. The maximum absolute atomic E-state index is 12.6. The molecular formula is C26H32Cl2N2O3S2. The molecule has 0 spiro atoms. The second-order valence-electron chi connectivity index (χ2n) is 9.56. The third kappa shape index (κ3) is 6.76. The molecule has 1 aromatic carbocycles. The van der Waals surface area contributed by atoms with Gasteiger partial charge in [0.25, 0.3) is 5.91 Å². The number of aliphatic hydroxyl groups is 2. The Labute approximate surface area is 226 Å². The number of rotatable bonds is 8. The fourth-order valence-electron chi connectivity index (χ4n) is 5.27. The van der Waals surface area contributed by atoms with E-state index >= 15 is 0 Å². The first-order valence-electron chi connectivity index (χ1n) is 12.2. The van der Waals surface area contributed by atoms with Crippen LogP contribution in [0.2, 0.25) is 5.02 Å². The Hall–Kier alpha value is -1.22. The van der Waals surface area contributed by atoms with Crippen LogP contribution < -0.4 is 5.32 Å². The number of aliphatic hydroxyl groups excluding tert-OH is 2. The molecule has 1 aromatic heterocycles. The molecule has 1 saturated heterocycles. The van der Waals surface area contributed by atoms with Gasteiger partial charge in [0.05, 0.1) is 6.54 Å². The summed E-state index contributed by atoms with van der Waals surface area (Å²) in [6.07, 6.45) is 3.86. The smallest absolute Gasteiger partial charge is 0.252 e. The number of carbonyl (C=O) groups is 1. The number of likely N-dealkylation sites (tertiary alicyclic amines) is 1. The number of hydrogen-bond acceptors (Lipinski definition) is 5. The zero-order chi connectivity index (χ0) is 24.9. The van der Waals surface area contributed by atoms with Crippen LogP contribution in [0, 0.1) is 5.92 Å². The van der Waals surface area contributed by atoms with Crippen LogP contribution in [0.4, 0.5) is 0 Å². The third-order valence-corrected chi connectivity index (χ3v) is 9.32. The van der Waals surface area contributed by atoms with Crippen molar-refractivity contribution in [1.82, 2.24) is 10.2 Å². The molecule has 1 amide bonds. The fourth-order valence-corrected chi connectivity index (χ4v) is 7.04. The van der Waals surface area contributed by atoms with Crippen LogP contribution in [0.3, 0.4) is 0 Å². The van der Waals surface area contributed by atoms with Gasteiger partial charge in [0, 0.05) is 27.9 Å². The third-order valence-electron chi connectivity index (χ3n) is 7.10. The summed E-state index contributed by atoms with van der Waals surface area (Å²) in [5.74, 6) is -0.196. The van der Waals surface area contributed by atoms with E-state index in [1.165, 1.54) is 11.3 Å². The van der Waals surface area contributed by atoms with Gasteiger partial charge in [-0.3, -0.25) is 4.79 Å². The van der Waals surface area contributed by atoms with Crippen LogP contribution in [-0.2, 0) is 17.8 Å². The molecule has 2 heterocycles. The molecule has 190 valence electrons. The summed E-state index contributed by atoms with van der Waals surface area (Å²) in [6.45, 7) is 1.01. The zero-order valence-electron chi connectivity index (χ0n) is 19.5. The van der Waals surface area contributed by atoms with Gasteiger partial charge in [-0.25, -0.2) is 0 Å². The molecule has 2 fully saturated rings. The van der Waals surface area contributed by atoms with Crippen molar-refractivity contribution in [2.24, 2.45) is 5.92 Å². The second-order valence-corrected chi connectivity index (χ2v) is 12.0. The van der Waals surface area contributed by atoms with E-state index in [1.807, 2.05) is 40.6 Å². The van der Waals surface area contributed by atoms with Crippen LogP contribution in [0.25, 0.3) is 0 Å². The maximum atomic E-state index is 12.6. The number of benzene rings is 1. The highest BCUT2D eigenvalue weighted by atomic mass is 35.5. The number of hydrogen-bond donors (Lipinski definition) is 3. The predicted molar refractivity (Wildman–Crippen MR) is 146 cm³/mol. The average molecular weight is 556 g/mol. The Kier molecular flexibility index (Phi) is 9.47. The van der Waals surface area contributed by atoms with Crippen molar-refractivity contribution in [3.05, 3.63) is 56.7 Å². The van der Waals surface area contributed by atoms with Gasteiger partial charge in [-0.1, -0.05) is 48.4 Å². The Morgan fingerprint density at radius 1 is 1.20 bits per heavy atom. The van der Waals surface area contributed by atoms with E-state index in [0.29, 0.717) is 12.3 Å². The standard InChI is InChI=1S/C26H32Cl2N2O3S2/c27-19-7-3-6-18(13-19)22-9-4-10-30(22)26(34)24(32)23(31)25(33)29-14-20-12-16(15-35-20)11-17-5-1-2-8-21(17)28/h1-2,5,8,12,15,18-19,22-24,31-32H,3-4,6-7,9-11,13-14H2,(H,29,33)/t18?,19?,22?,23-,24-/m1/s1. The van der Waals surface area contributed by atoms with Crippen molar-refractivity contribution in [1.29, 1.82) is 0 Å². The minimum absolute atomic E-state index is 0.188. The molecule has 0 bridgehead atoms. The van der Waals surface area contributed by atoms with E-state index in [1.54, 1.807) is 0 Å². The molecule has 3 unspecified atom stereocenters. The molecule has 4 rings (SSSR count). The van der Waals surface area contributed by atoms with E-state index in [0.717, 1.165) is 66.1 Å². The summed E-state index contributed by atoms with van der Waals surface area (Å²) in [5.41, 5.74) is 2.15. The first kappa shape index (κ1) is 26.8. The monoisotopic (exact) mass is 554 g/mol. The average Bonchev–Trinajstić information content (AvgIpc) is 3.52. The first-order chi connectivity index (χ1) is 16.8. The minimum Gasteiger partial charge on any atom is -0.383 e. The second kappa shape index (κ2) is 12.3. The van der Waals surface area contributed by atoms with Gasteiger partial charge < -0.3 is 20.4 Å². The number of thiophene rings is 1. The maximum Gasteiger partial charge on any atom is 0.252 e. The van der Waals surface area contributed by atoms with Gasteiger partial charge in [0.15, 0.2) is 6.10 Å². The number of nitrogens with zero attached hydrogens (tertiary/aromatic N) is 1. The van der Waals surface area contributed by atoms with Crippen molar-refractivity contribution < 1.29 is 15.0 Å². The summed E-state index contributed by atoms with van der Waals surface area (Å²) < 4.78 is 0. The summed E-state index contributed by atoms with van der Waals surface area (Å²) in [7, 11) is 0. The van der Waals surface area contributed by atoms with Gasteiger partial charge in [-0.2, -0.15) is 0 Å². The number of alkyl halides is 1. The number of amides is 1. The number of nitrogens with one attached hydrogen (secondary N) is 1. The number of thiocarbonyl (C=S) groups is 1. The highest BCUT2D eigenvalue weighted by Gasteiger charge is 2.39. The SMILES string of the molecule is O=C(NCc1cc(Cc2ccccc2Cl)cs1)[C@H](O)[C@@H](O)C(=S)N1CCCC1C1CCCC(Cl)C1. The molecule has 2 aromatic rings. The van der Waals surface area contributed by atoms with Crippen LogP contribution in [0.15, 0.2) is 35.7 Å². The van der Waals surface area contributed by atoms with Crippen LogP contribution in [-0.4, -0.2) is 56.2 Å². The van der Waals surface area contributed by atoms with E-state index in [2.05, 4.69) is 5.32 Å². The van der Waals surface area contributed by atoms with Crippen LogP contribution in [0.5, 0.6) is 0 Å². The molecular weight excluding hydrogens is 523 g/mol. The summed E-state index contributed by atoms with van der Waals surface area (Å²) in [6, 6.07) is 9.97. The first-order valence-corrected chi connectivity index (χ1v) is 14.3. The normalized spacial score (nSPS) is 24.2. The Morgan fingerprint density at radius 2 is 2.00 bits per heavy atom. The minimum atomic E-state index is -1.61. The van der Waals surface area contributed by atoms with Crippen molar-refractivity contribution in [3.8, 4) is 0 Å². The van der Waals surface area contributed by atoms with E-state index in [9.17, 15) is 15.0 Å². The summed E-state index contributed by atoms with van der Waals surface area (Å²) in [4.78, 5) is 15.9. The van der Waals surface area contributed by atoms with Crippen LogP contribution >= 0.6 is 46.8 Å². The molecule has 1 saturated carbocycles. The summed E-state index contributed by atoms with van der Waals surface area (Å²) >= 11 is 19.8. The molecule has 5 atom stereocenters. The van der Waals surface area contributed by atoms with E-state index < -0.39 is 18.1 Å². The van der Waals surface area contributed by atoms with E-state index in [-0.39, 0.29) is 23.0 Å². The van der Waals surface area contributed by atoms with Crippen molar-refractivity contribution in [3.63, 3.8) is 0 Å². The Bertz CT molecular complexity index is 1030. The topological polar surface area (TPSA) is 72.8 Å². The van der Waals surface area contributed by atoms with Crippen molar-refractivity contribution in [2.45, 2.75) is 75.1 Å². The lowest BCUT2D eigenvalue weighted by atomic mass is 9.82. The van der Waals surface area contributed by atoms with Crippen molar-refractivity contribution in [2.75, 3.05) is 6.54 Å². The van der Waals surface area contributed by atoms with E-state index in [4.69, 9.17) is 35.4 Å². The van der Waals surface area contributed by atoms with Gasteiger partial charge in [-0.15, -0.1) is 22.9 Å². The van der Waals surface area contributed by atoms with Gasteiger partial charge in [-0.05, 0) is 73.1 Å². The lowest BCUT2D eigenvalue weighted by Gasteiger charge is -2.38. The largest absolute Gasteiger partial charge is 0.383 e. The Balaban J connectivity index is 1.29. The Morgan fingerprint density at radius 3 is 2.77 bits per heavy atom. The molecule has 2 aliphatic rings. The molecule has 9 heteroatoms. The molecule has 35 heavy (non-hydrogen) atoms. The van der Waals surface area contributed by atoms with Gasteiger partial charge >= 0.3 is 0 Å². The lowest BCUT2D eigenvalue weighted by molar-refractivity contribution is -0.133. The fraction of sp³-hybridized carbons (Fsp3) is 0.538. The van der Waals surface area contributed by atoms with Crippen LogP contribution in [0.1, 0.15) is 54.5 Å². The zero-order valence-corrected chi connectivity index (χ0v) is 22.7. The molecule has 1 aliphatic heterocycles. The molecule has 1 aliphatic carbocycles. The van der Waals surface area contributed by atoms with Crippen molar-refractivity contribution >= 4 is 57.7 Å².